The lowest BCUT2D eigenvalue weighted by Gasteiger charge is -2.21. The van der Waals surface area contributed by atoms with Gasteiger partial charge in [-0.05, 0) is 50.5 Å². The summed E-state index contributed by atoms with van der Waals surface area (Å²) in [7, 11) is 0. The Morgan fingerprint density at radius 1 is 1.25 bits per heavy atom. The number of likely N-dealkylation sites (tertiary alicyclic amines) is 1. The fourth-order valence-electron chi connectivity index (χ4n) is 3.87. The van der Waals surface area contributed by atoms with Gasteiger partial charge in [0.15, 0.2) is 5.96 Å². The van der Waals surface area contributed by atoms with Crippen molar-refractivity contribution in [3.05, 3.63) is 29.3 Å². The third-order valence-corrected chi connectivity index (χ3v) is 5.58. The normalized spacial score (nSPS) is 20.4. The maximum atomic E-state index is 12.6. The Labute approximate surface area is 172 Å². The molecule has 0 bridgehead atoms. The van der Waals surface area contributed by atoms with Gasteiger partial charge < -0.3 is 20.3 Å². The van der Waals surface area contributed by atoms with Crippen molar-refractivity contribution >= 4 is 23.5 Å². The number of aliphatic imine (C=N–C) groups is 1. The number of carbonyl (C=O) groups excluding carboxylic acids is 1. The van der Waals surface area contributed by atoms with Crippen LogP contribution in [0, 0.1) is 5.92 Å². The molecule has 1 aliphatic heterocycles. The number of ether oxygens (including phenoxy) is 1. The molecule has 1 aromatic rings. The van der Waals surface area contributed by atoms with Crippen molar-refractivity contribution in [2.24, 2.45) is 10.9 Å². The first-order chi connectivity index (χ1) is 13.7. The van der Waals surface area contributed by atoms with E-state index in [0.717, 1.165) is 50.6 Å². The van der Waals surface area contributed by atoms with E-state index in [1.807, 2.05) is 36.1 Å². The number of benzene rings is 1. The Bertz CT molecular complexity index is 659. The van der Waals surface area contributed by atoms with Crippen LogP contribution in [-0.4, -0.2) is 55.6 Å². The largest absolute Gasteiger partial charge is 0.492 e. The summed E-state index contributed by atoms with van der Waals surface area (Å²) in [5, 5.41) is 7.44. The molecule has 1 unspecified atom stereocenters. The minimum absolute atomic E-state index is 0.250. The Balaban J connectivity index is 1.43. The van der Waals surface area contributed by atoms with Crippen LogP contribution in [0.4, 0.5) is 0 Å². The Morgan fingerprint density at radius 2 is 2.00 bits per heavy atom. The molecule has 1 heterocycles. The molecular formula is C21H31ClN4O2. The second-order valence-corrected chi connectivity index (χ2v) is 7.90. The molecule has 7 heteroatoms. The quantitative estimate of drug-likeness (QED) is 0.415. The molecule has 2 aliphatic rings. The zero-order valence-corrected chi connectivity index (χ0v) is 17.4. The van der Waals surface area contributed by atoms with E-state index >= 15 is 0 Å². The summed E-state index contributed by atoms with van der Waals surface area (Å²) >= 11 is 5.88. The van der Waals surface area contributed by atoms with Gasteiger partial charge in [0.25, 0.3) is 0 Å². The molecule has 28 heavy (non-hydrogen) atoms. The van der Waals surface area contributed by atoms with Crippen LogP contribution in [0.5, 0.6) is 5.75 Å². The molecule has 3 rings (SSSR count). The van der Waals surface area contributed by atoms with E-state index in [0.29, 0.717) is 24.1 Å². The number of amides is 1. The van der Waals surface area contributed by atoms with Gasteiger partial charge in [0.2, 0.25) is 5.91 Å². The molecule has 1 aromatic carbocycles. The number of nitrogens with zero attached hydrogens (tertiary/aromatic N) is 2. The number of hydrogen-bond acceptors (Lipinski definition) is 3. The van der Waals surface area contributed by atoms with Gasteiger partial charge in [0.1, 0.15) is 12.4 Å². The van der Waals surface area contributed by atoms with Crippen LogP contribution < -0.4 is 15.4 Å². The van der Waals surface area contributed by atoms with E-state index in [9.17, 15) is 4.79 Å². The summed E-state index contributed by atoms with van der Waals surface area (Å²) in [5.41, 5.74) is 0. The monoisotopic (exact) mass is 406 g/mol. The molecule has 0 aromatic heterocycles. The minimum Gasteiger partial charge on any atom is -0.492 e. The lowest BCUT2D eigenvalue weighted by Crippen LogP contribution is -2.45. The van der Waals surface area contributed by atoms with Crippen LogP contribution in [0.25, 0.3) is 0 Å². The first kappa shape index (κ1) is 20.8. The van der Waals surface area contributed by atoms with Gasteiger partial charge in [-0.1, -0.05) is 24.4 Å². The van der Waals surface area contributed by atoms with Crippen molar-refractivity contribution in [1.29, 1.82) is 0 Å². The van der Waals surface area contributed by atoms with Gasteiger partial charge in [-0.15, -0.1) is 0 Å². The van der Waals surface area contributed by atoms with Crippen LogP contribution in [0.15, 0.2) is 29.3 Å². The van der Waals surface area contributed by atoms with Crippen LogP contribution in [-0.2, 0) is 4.79 Å². The number of halogens is 1. The van der Waals surface area contributed by atoms with Crippen molar-refractivity contribution in [2.45, 2.75) is 45.1 Å². The molecule has 1 atom stereocenters. The number of nitrogens with one attached hydrogen (secondary N) is 2. The van der Waals surface area contributed by atoms with Gasteiger partial charge in [-0.3, -0.25) is 4.79 Å². The number of carbonyl (C=O) groups is 1. The Hall–Kier alpha value is -1.95. The van der Waals surface area contributed by atoms with E-state index < -0.39 is 0 Å². The highest BCUT2D eigenvalue weighted by molar-refractivity contribution is 6.30. The maximum absolute atomic E-state index is 12.6. The van der Waals surface area contributed by atoms with Crippen LogP contribution in [0.3, 0.4) is 0 Å². The van der Waals surface area contributed by atoms with E-state index in [1.165, 1.54) is 12.8 Å². The molecule has 1 amide bonds. The van der Waals surface area contributed by atoms with Crippen molar-refractivity contribution in [3.8, 4) is 5.75 Å². The Morgan fingerprint density at radius 3 is 2.71 bits per heavy atom. The molecule has 0 radical (unpaired) electrons. The lowest BCUT2D eigenvalue weighted by atomic mass is 10.1. The van der Waals surface area contributed by atoms with Crippen LogP contribution in [0.2, 0.25) is 5.02 Å². The molecule has 1 aliphatic carbocycles. The summed E-state index contributed by atoms with van der Waals surface area (Å²) in [5.74, 6) is 2.17. The third-order valence-electron chi connectivity index (χ3n) is 5.33. The lowest BCUT2D eigenvalue weighted by molar-refractivity contribution is -0.134. The molecule has 2 N–H and O–H groups in total. The molecule has 2 fully saturated rings. The Kier molecular flexibility index (Phi) is 7.83. The molecule has 6 nitrogen and oxygen atoms in total. The first-order valence-electron chi connectivity index (χ1n) is 10.4. The standard InChI is InChI=1S/C21H31ClN4O2/c1-2-23-21(24-12-14-28-19-9-7-17(22)8-10-19)25-18-11-13-26(15-18)20(27)16-5-3-4-6-16/h7-10,16,18H,2-6,11-15H2,1H3,(H2,23,24,25). The third kappa shape index (κ3) is 6.03. The van der Waals surface area contributed by atoms with E-state index in [-0.39, 0.29) is 12.0 Å². The molecule has 0 spiro atoms. The highest BCUT2D eigenvalue weighted by atomic mass is 35.5. The summed E-state index contributed by atoms with van der Waals surface area (Å²) in [6.45, 7) is 5.49. The number of hydrogen-bond donors (Lipinski definition) is 2. The average Bonchev–Trinajstić information content (AvgIpc) is 3.38. The zero-order valence-electron chi connectivity index (χ0n) is 16.6. The van der Waals surface area contributed by atoms with Gasteiger partial charge >= 0.3 is 0 Å². The predicted octanol–water partition coefficient (Wildman–Crippen LogP) is 3.07. The van der Waals surface area contributed by atoms with Crippen LogP contribution in [0.1, 0.15) is 39.0 Å². The summed E-state index contributed by atoms with van der Waals surface area (Å²) in [6, 6.07) is 7.57. The van der Waals surface area contributed by atoms with E-state index in [2.05, 4.69) is 15.6 Å². The minimum atomic E-state index is 0.250. The van der Waals surface area contributed by atoms with Gasteiger partial charge in [-0.25, -0.2) is 4.99 Å². The molecular weight excluding hydrogens is 376 g/mol. The van der Waals surface area contributed by atoms with Crippen molar-refractivity contribution in [1.82, 2.24) is 15.5 Å². The summed E-state index contributed by atoms with van der Waals surface area (Å²) in [4.78, 5) is 19.2. The van der Waals surface area contributed by atoms with Crippen LogP contribution >= 0.6 is 11.6 Å². The summed E-state index contributed by atoms with van der Waals surface area (Å²) < 4.78 is 5.69. The van der Waals surface area contributed by atoms with Gasteiger partial charge in [0.05, 0.1) is 6.54 Å². The van der Waals surface area contributed by atoms with Crippen molar-refractivity contribution < 1.29 is 9.53 Å². The topological polar surface area (TPSA) is 66.0 Å². The second kappa shape index (κ2) is 10.6. The van der Waals surface area contributed by atoms with E-state index in [4.69, 9.17) is 16.3 Å². The molecule has 1 saturated carbocycles. The summed E-state index contributed by atoms with van der Waals surface area (Å²) in [6.07, 6.45) is 5.48. The van der Waals surface area contributed by atoms with Gasteiger partial charge in [0, 0.05) is 36.6 Å². The smallest absolute Gasteiger partial charge is 0.225 e. The fourth-order valence-corrected chi connectivity index (χ4v) is 4.00. The van der Waals surface area contributed by atoms with Crippen molar-refractivity contribution in [3.63, 3.8) is 0 Å². The molecule has 1 saturated heterocycles. The highest BCUT2D eigenvalue weighted by Gasteiger charge is 2.32. The maximum Gasteiger partial charge on any atom is 0.225 e. The zero-order chi connectivity index (χ0) is 19.8. The predicted molar refractivity (Wildman–Crippen MR) is 113 cm³/mol. The van der Waals surface area contributed by atoms with Crippen molar-refractivity contribution in [2.75, 3.05) is 32.8 Å². The molecule has 154 valence electrons. The fraction of sp³-hybridized carbons (Fsp3) is 0.619. The average molecular weight is 407 g/mol. The first-order valence-corrected chi connectivity index (χ1v) is 10.8. The van der Waals surface area contributed by atoms with E-state index in [1.54, 1.807) is 0 Å². The van der Waals surface area contributed by atoms with Gasteiger partial charge in [-0.2, -0.15) is 0 Å². The SMILES string of the molecule is CCNC(=NCCOc1ccc(Cl)cc1)NC1CCN(C(=O)C2CCCC2)C1. The number of rotatable bonds is 7. The number of guanidine groups is 1. The highest BCUT2D eigenvalue weighted by Crippen LogP contribution is 2.27. The second-order valence-electron chi connectivity index (χ2n) is 7.46.